The van der Waals surface area contributed by atoms with Crippen LogP contribution in [0.25, 0.3) is 88.8 Å². The molecule has 2 heterocycles. The van der Waals surface area contributed by atoms with Crippen molar-refractivity contribution in [3.8, 4) is 45.3 Å². The molecule has 0 unspecified atom stereocenters. The Hall–Kier alpha value is -7.89. The standard InChI is InChI=1S/C53H34N4O/c1-3-13-35(14-4-1)39-21-11-22-42(31-39)52-54-51(38-17-5-2-6-18-38)55-53(56-52)47-23-12-24-48-50(47)46-30-29-45(34-49(46)58-48)57(43-27-25-36-15-7-9-19-40(36)32-43)44-28-26-37-16-8-10-20-41(37)33-44/h1-34H/i7D,8D,9D,10D,15D,16D,19D,20D,25D,26D,27D,32D,33D. The first kappa shape index (κ1) is 22.6. The van der Waals surface area contributed by atoms with E-state index >= 15 is 0 Å². The molecule has 0 fully saturated rings. The highest BCUT2D eigenvalue weighted by molar-refractivity contribution is 6.12. The molecule has 0 aliphatic carbocycles. The zero-order chi connectivity index (χ0) is 49.7. The average Bonchev–Trinajstić information content (AvgIpc) is 3.77. The van der Waals surface area contributed by atoms with Crippen LogP contribution in [0.1, 0.15) is 17.8 Å². The first-order valence-electron chi connectivity index (χ1n) is 24.9. The summed E-state index contributed by atoms with van der Waals surface area (Å²) in [6.45, 7) is 0. The van der Waals surface area contributed by atoms with Crippen molar-refractivity contribution in [1.29, 1.82) is 0 Å². The largest absolute Gasteiger partial charge is 0.456 e. The molecule has 272 valence electrons. The topological polar surface area (TPSA) is 55.1 Å². The van der Waals surface area contributed by atoms with Crippen molar-refractivity contribution < 1.29 is 22.2 Å². The van der Waals surface area contributed by atoms with Gasteiger partial charge in [0.1, 0.15) is 11.2 Å². The van der Waals surface area contributed by atoms with Crippen LogP contribution in [0.15, 0.2) is 210 Å². The van der Waals surface area contributed by atoms with Gasteiger partial charge in [0.2, 0.25) is 0 Å². The van der Waals surface area contributed by atoms with Crippen LogP contribution in [0.3, 0.4) is 0 Å². The highest BCUT2D eigenvalue weighted by Crippen LogP contribution is 2.42. The van der Waals surface area contributed by atoms with E-state index in [0.717, 1.165) is 22.3 Å². The minimum Gasteiger partial charge on any atom is -0.456 e. The normalized spacial score (nSPS) is 14.6. The van der Waals surface area contributed by atoms with Gasteiger partial charge in [-0.25, -0.2) is 15.0 Å². The monoisotopic (exact) mass is 755 g/mol. The number of anilines is 3. The van der Waals surface area contributed by atoms with E-state index in [1.165, 1.54) is 11.0 Å². The number of furan rings is 1. The zero-order valence-corrected chi connectivity index (χ0v) is 30.3. The van der Waals surface area contributed by atoms with E-state index in [2.05, 4.69) is 0 Å². The fraction of sp³-hybridized carbons (Fsp3) is 0. The minimum atomic E-state index is -0.664. The molecule has 0 spiro atoms. The number of hydrogen-bond acceptors (Lipinski definition) is 5. The smallest absolute Gasteiger partial charge is 0.164 e. The summed E-state index contributed by atoms with van der Waals surface area (Å²) in [5, 5.41) is -0.0241. The van der Waals surface area contributed by atoms with E-state index in [9.17, 15) is 4.11 Å². The summed E-state index contributed by atoms with van der Waals surface area (Å²) in [6.07, 6.45) is 0. The lowest BCUT2D eigenvalue weighted by molar-refractivity contribution is 0.669. The van der Waals surface area contributed by atoms with Crippen molar-refractivity contribution >= 4 is 60.5 Å². The highest BCUT2D eigenvalue weighted by atomic mass is 16.3. The molecule has 0 bridgehead atoms. The average molecular weight is 756 g/mol. The van der Waals surface area contributed by atoms with Crippen LogP contribution in [0.2, 0.25) is 0 Å². The van der Waals surface area contributed by atoms with E-state index in [-0.39, 0.29) is 44.2 Å². The van der Waals surface area contributed by atoms with Gasteiger partial charge in [0.25, 0.3) is 0 Å². The molecule has 58 heavy (non-hydrogen) atoms. The number of hydrogen-bond donors (Lipinski definition) is 0. The molecule has 2 aromatic heterocycles. The van der Waals surface area contributed by atoms with Gasteiger partial charge in [-0.3, -0.25) is 0 Å². The van der Waals surface area contributed by atoms with Crippen LogP contribution in [-0.4, -0.2) is 15.0 Å². The first-order valence-corrected chi connectivity index (χ1v) is 18.4. The van der Waals surface area contributed by atoms with Crippen molar-refractivity contribution in [2.24, 2.45) is 0 Å². The minimum absolute atomic E-state index is 0.125. The third-order valence-electron chi connectivity index (χ3n) is 9.87. The molecule has 0 aliphatic heterocycles. The van der Waals surface area contributed by atoms with Gasteiger partial charge in [0.05, 0.1) is 17.8 Å². The van der Waals surface area contributed by atoms with E-state index in [1.807, 2.05) is 91.0 Å². The Morgan fingerprint density at radius 3 is 1.81 bits per heavy atom. The Labute approximate surface area is 353 Å². The summed E-state index contributed by atoms with van der Waals surface area (Å²) >= 11 is 0. The molecule has 11 rings (SSSR count). The molecule has 0 atom stereocenters. The van der Waals surface area contributed by atoms with Gasteiger partial charge in [-0.2, -0.15) is 0 Å². The Morgan fingerprint density at radius 1 is 0.414 bits per heavy atom. The Balaban J connectivity index is 1.16. The lowest BCUT2D eigenvalue weighted by Crippen LogP contribution is -2.09. The maximum absolute atomic E-state index is 9.56. The molecule has 9 aromatic carbocycles. The van der Waals surface area contributed by atoms with Gasteiger partial charge in [-0.05, 0) is 81.1 Å². The Bertz CT molecular complexity index is 4060. The van der Waals surface area contributed by atoms with Gasteiger partial charge in [-0.15, -0.1) is 0 Å². The van der Waals surface area contributed by atoms with Crippen LogP contribution in [0.5, 0.6) is 0 Å². The first-order chi connectivity index (χ1) is 34.1. The fourth-order valence-electron chi connectivity index (χ4n) is 7.16. The second kappa shape index (κ2) is 14.0. The van der Waals surface area contributed by atoms with Crippen molar-refractivity contribution in [1.82, 2.24) is 15.0 Å². The van der Waals surface area contributed by atoms with E-state index in [1.54, 1.807) is 30.3 Å². The Morgan fingerprint density at radius 2 is 1.03 bits per heavy atom. The molecule has 0 amide bonds. The molecule has 0 aliphatic rings. The quantitative estimate of drug-likeness (QED) is 0.162. The maximum Gasteiger partial charge on any atom is 0.164 e. The van der Waals surface area contributed by atoms with Crippen LogP contribution in [-0.2, 0) is 0 Å². The number of aromatic nitrogens is 3. The second-order valence-electron chi connectivity index (χ2n) is 13.4. The molecule has 0 saturated heterocycles. The SMILES string of the molecule is [2H]c1c([2H])c([2H])c2c([2H])c(N(c3ccc4c(c3)oc3cccc(-c5nc(-c6ccccc6)nc(-c6cccc(-c7ccccc7)c6)n5)c34)c3c([2H])c([2H])c4c([2H])c([2H])c([2H])c([2H])c4c3[2H])cc([2H])c2c1[2H]. The summed E-state index contributed by atoms with van der Waals surface area (Å²) in [4.78, 5) is 16.3. The van der Waals surface area contributed by atoms with Gasteiger partial charge >= 0.3 is 0 Å². The summed E-state index contributed by atoms with van der Waals surface area (Å²) in [5.74, 6) is 1.22. The second-order valence-corrected chi connectivity index (χ2v) is 13.4. The lowest BCUT2D eigenvalue weighted by Gasteiger charge is -2.26. The summed E-state index contributed by atoms with van der Waals surface area (Å²) in [6, 6.07) is 31.3. The zero-order valence-electron chi connectivity index (χ0n) is 43.3. The number of benzene rings is 9. The molecular weight excluding hydrogens is 709 g/mol. The van der Waals surface area contributed by atoms with Crippen LogP contribution in [0, 0.1) is 0 Å². The summed E-state index contributed by atoms with van der Waals surface area (Å²) in [5.41, 5.74) is 4.36. The van der Waals surface area contributed by atoms with Gasteiger partial charge < -0.3 is 9.32 Å². The lowest BCUT2D eigenvalue weighted by atomic mass is 10.0. The highest BCUT2D eigenvalue weighted by Gasteiger charge is 2.20. The van der Waals surface area contributed by atoms with Crippen molar-refractivity contribution in [3.05, 3.63) is 206 Å². The van der Waals surface area contributed by atoms with Crippen LogP contribution in [0.4, 0.5) is 17.1 Å². The molecule has 0 N–H and O–H groups in total. The molecule has 0 saturated carbocycles. The van der Waals surface area contributed by atoms with E-state index in [0.29, 0.717) is 39.4 Å². The Kier molecular flexibility index (Phi) is 5.46. The number of nitrogens with zero attached hydrogens (tertiary/aromatic N) is 4. The predicted octanol–water partition coefficient (Wildman–Crippen LogP) is 14.2. The molecular formula is C53H34N4O. The fourth-order valence-corrected chi connectivity index (χ4v) is 7.16. The molecule has 5 nitrogen and oxygen atoms in total. The number of rotatable bonds is 7. The molecule has 11 aromatic rings. The summed E-state index contributed by atoms with van der Waals surface area (Å²) in [7, 11) is 0. The van der Waals surface area contributed by atoms with Crippen molar-refractivity contribution in [3.63, 3.8) is 0 Å². The van der Waals surface area contributed by atoms with Gasteiger partial charge in [0.15, 0.2) is 17.5 Å². The third-order valence-corrected chi connectivity index (χ3v) is 9.87. The van der Waals surface area contributed by atoms with Crippen molar-refractivity contribution in [2.45, 2.75) is 0 Å². The third kappa shape index (κ3) is 6.03. The van der Waals surface area contributed by atoms with Crippen LogP contribution < -0.4 is 4.90 Å². The molecule has 5 heteroatoms. The van der Waals surface area contributed by atoms with E-state index < -0.39 is 78.6 Å². The maximum atomic E-state index is 9.56. The van der Waals surface area contributed by atoms with Gasteiger partial charge in [-0.1, -0.05) is 151 Å². The van der Waals surface area contributed by atoms with E-state index in [4.69, 9.17) is 33.1 Å². The van der Waals surface area contributed by atoms with Gasteiger partial charge in [0, 0.05) is 50.6 Å². The van der Waals surface area contributed by atoms with Crippen LogP contribution >= 0.6 is 0 Å². The summed E-state index contributed by atoms with van der Waals surface area (Å²) < 4.78 is 122. The number of fused-ring (bicyclic) bond motifs is 5. The molecule has 0 radical (unpaired) electrons. The predicted molar refractivity (Wildman–Crippen MR) is 239 cm³/mol. The van der Waals surface area contributed by atoms with Crippen molar-refractivity contribution in [2.75, 3.05) is 4.90 Å².